The number of carbonyl (C=O) groups is 1. The van der Waals surface area contributed by atoms with Gasteiger partial charge >= 0.3 is 0 Å². The van der Waals surface area contributed by atoms with Gasteiger partial charge in [-0.3, -0.25) is 4.79 Å². The molecule has 2 N–H and O–H groups in total. The van der Waals surface area contributed by atoms with Crippen molar-refractivity contribution in [2.75, 3.05) is 26.2 Å². The lowest BCUT2D eigenvalue weighted by Crippen LogP contribution is -2.37. The molecule has 0 unspecified atom stereocenters. The first-order valence-electron chi connectivity index (χ1n) is 8.10. The number of amides is 1. The van der Waals surface area contributed by atoms with E-state index in [4.69, 9.17) is 10.5 Å². The predicted octanol–water partition coefficient (Wildman–Crippen LogP) is 2.62. The summed E-state index contributed by atoms with van der Waals surface area (Å²) in [6, 6.07) is 16.2. The van der Waals surface area contributed by atoms with Crippen LogP contribution in [-0.4, -0.2) is 37.0 Å². The van der Waals surface area contributed by atoms with Crippen LogP contribution in [0.15, 0.2) is 54.6 Å². The monoisotopic (exact) mass is 330 g/mol. The van der Waals surface area contributed by atoms with E-state index < -0.39 is 5.82 Å². The van der Waals surface area contributed by atoms with Gasteiger partial charge in [0.15, 0.2) is 11.6 Å². The Balaban J connectivity index is 1.81. The third kappa shape index (κ3) is 5.66. The van der Waals surface area contributed by atoms with Gasteiger partial charge in [0.25, 0.3) is 0 Å². The smallest absolute Gasteiger partial charge is 0.226 e. The maximum absolute atomic E-state index is 13.5. The van der Waals surface area contributed by atoms with E-state index in [0.29, 0.717) is 19.6 Å². The van der Waals surface area contributed by atoms with Crippen LogP contribution in [0.5, 0.6) is 5.75 Å². The molecule has 0 radical (unpaired) electrons. The van der Waals surface area contributed by atoms with Crippen LogP contribution >= 0.6 is 0 Å². The molecule has 2 aromatic carbocycles. The second-order valence-corrected chi connectivity index (χ2v) is 5.43. The highest BCUT2D eigenvalue weighted by atomic mass is 19.1. The fourth-order valence-electron chi connectivity index (χ4n) is 2.39. The summed E-state index contributed by atoms with van der Waals surface area (Å²) >= 11 is 0. The van der Waals surface area contributed by atoms with E-state index >= 15 is 0 Å². The first kappa shape index (κ1) is 17.9. The molecule has 0 aliphatic carbocycles. The number of nitrogens with two attached hydrogens (primary N) is 1. The Labute approximate surface area is 142 Å². The highest BCUT2D eigenvalue weighted by Gasteiger charge is 2.13. The number of rotatable bonds is 9. The van der Waals surface area contributed by atoms with E-state index in [2.05, 4.69) is 0 Å². The second-order valence-electron chi connectivity index (χ2n) is 5.43. The maximum atomic E-state index is 13.5. The van der Waals surface area contributed by atoms with Gasteiger partial charge in [0.2, 0.25) is 5.91 Å². The molecule has 0 aliphatic rings. The van der Waals surface area contributed by atoms with Crippen molar-refractivity contribution in [1.29, 1.82) is 0 Å². The van der Waals surface area contributed by atoms with Crippen LogP contribution in [0.2, 0.25) is 0 Å². The number of halogens is 1. The number of hydrogen-bond acceptors (Lipinski definition) is 3. The minimum absolute atomic E-state index is 0.0345. The van der Waals surface area contributed by atoms with E-state index in [1.807, 2.05) is 30.3 Å². The predicted molar refractivity (Wildman–Crippen MR) is 92.3 cm³/mol. The van der Waals surface area contributed by atoms with Gasteiger partial charge in [-0.2, -0.15) is 0 Å². The molecule has 0 saturated heterocycles. The largest absolute Gasteiger partial charge is 0.490 e. The van der Waals surface area contributed by atoms with Crippen LogP contribution in [0.3, 0.4) is 0 Å². The van der Waals surface area contributed by atoms with Gasteiger partial charge in [-0.25, -0.2) is 4.39 Å². The van der Waals surface area contributed by atoms with Gasteiger partial charge in [-0.15, -0.1) is 0 Å². The van der Waals surface area contributed by atoms with Gasteiger partial charge in [-0.1, -0.05) is 42.5 Å². The molecule has 0 spiro atoms. The van der Waals surface area contributed by atoms with Gasteiger partial charge in [0.1, 0.15) is 0 Å². The lowest BCUT2D eigenvalue weighted by atomic mass is 10.1. The topological polar surface area (TPSA) is 55.6 Å². The molecule has 4 nitrogen and oxygen atoms in total. The standard InChI is InChI=1S/C19H23FN2O2/c20-17-8-4-5-9-18(17)24-15-11-19(23)22(14-12-21)13-10-16-6-2-1-3-7-16/h1-9H,10-15,21H2. The molecule has 0 aliphatic heterocycles. The molecule has 128 valence electrons. The molecule has 2 aromatic rings. The molecule has 1 amide bonds. The summed E-state index contributed by atoms with van der Waals surface area (Å²) in [5.74, 6) is -0.291. The maximum Gasteiger partial charge on any atom is 0.226 e. The highest BCUT2D eigenvalue weighted by Crippen LogP contribution is 2.15. The summed E-state index contributed by atoms with van der Waals surface area (Å²) in [7, 11) is 0. The zero-order chi connectivity index (χ0) is 17.2. The van der Waals surface area contributed by atoms with Crippen molar-refractivity contribution in [1.82, 2.24) is 4.90 Å². The molecule has 5 heteroatoms. The number of hydrogen-bond donors (Lipinski definition) is 1. The van der Waals surface area contributed by atoms with Gasteiger partial charge in [-0.05, 0) is 24.1 Å². The van der Waals surface area contributed by atoms with Crippen molar-refractivity contribution in [2.45, 2.75) is 12.8 Å². The molecule has 24 heavy (non-hydrogen) atoms. The third-order valence-corrected chi connectivity index (χ3v) is 3.68. The first-order chi connectivity index (χ1) is 11.7. The third-order valence-electron chi connectivity index (χ3n) is 3.68. The summed E-state index contributed by atoms with van der Waals surface area (Å²) in [6.07, 6.45) is 0.976. The van der Waals surface area contributed by atoms with E-state index in [1.165, 1.54) is 11.6 Å². The Kier molecular flexibility index (Phi) is 7.23. The van der Waals surface area contributed by atoms with E-state index in [-0.39, 0.29) is 24.7 Å². The molecule has 0 atom stereocenters. The number of nitrogens with zero attached hydrogens (tertiary/aromatic N) is 1. The zero-order valence-electron chi connectivity index (χ0n) is 13.7. The van der Waals surface area contributed by atoms with E-state index in [0.717, 1.165) is 6.42 Å². The zero-order valence-corrected chi connectivity index (χ0v) is 13.7. The summed E-state index contributed by atoms with van der Waals surface area (Å²) in [5, 5.41) is 0. The molecular formula is C19H23FN2O2. The van der Waals surface area contributed by atoms with Crippen LogP contribution < -0.4 is 10.5 Å². The molecule has 0 bridgehead atoms. The lowest BCUT2D eigenvalue weighted by molar-refractivity contribution is -0.131. The fourth-order valence-corrected chi connectivity index (χ4v) is 2.39. The van der Waals surface area contributed by atoms with Crippen LogP contribution in [-0.2, 0) is 11.2 Å². The average molecular weight is 330 g/mol. The van der Waals surface area contributed by atoms with Crippen LogP contribution in [0.1, 0.15) is 12.0 Å². The van der Waals surface area contributed by atoms with Crippen molar-refractivity contribution in [2.24, 2.45) is 5.73 Å². The van der Waals surface area contributed by atoms with E-state index in [1.54, 1.807) is 23.1 Å². The quantitative estimate of drug-likeness (QED) is 0.769. The van der Waals surface area contributed by atoms with Crippen molar-refractivity contribution in [3.8, 4) is 5.75 Å². The highest BCUT2D eigenvalue weighted by molar-refractivity contribution is 5.76. The van der Waals surface area contributed by atoms with Gasteiger partial charge in [0.05, 0.1) is 13.0 Å². The number of carbonyl (C=O) groups excluding carboxylic acids is 1. The first-order valence-corrected chi connectivity index (χ1v) is 8.10. The number of benzene rings is 2. The lowest BCUT2D eigenvalue weighted by Gasteiger charge is -2.22. The van der Waals surface area contributed by atoms with Crippen molar-refractivity contribution in [3.63, 3.8) is 0 Å². The Bertz CT molecular complexity index is 634. The van der Waals surface area contributed by atoms with Crippen LogP contribution in [0, 0.1) is 5.82 Å². The normalized spacial score (nSPS) is 10.4. The van der Waals surface area contributed by atoms with Gasteiger partial charge < -0.3 is 15.4 Å². The van der Waals surface area contributed by atoms with Crippen molar-refractivity contribution >= 4 is 5.91 Å². The molecule has 0 fully saturated rings. The van der Waals surface area contributed by atoms with Crippen molar-refractivity contribution < 1.29 is 13.9 Å². The Hall–Kier alpha value is -2.40. The summed E-state index contributed by atoms with van der Waals surface area (Å²) in [4.78, 5) is 14.1. The number of ether oxygens (including phenoxy) is 1. The Morgan fingerprint density at radius 2 is 1.75 bits per heavy atom. The fraction of sp³-hybridized carbons (Fsp3) is 0.316. The SMILES string of the molecule is NCCN(CCc1ccccc1)C(=O)CCOc1ccccc1F. The van der Waals surface area contributed by atoms with Crippen LogP contribution in [0.4, 0.5) is 4.39 Å². The van der Waals surface area contributed by atoms with Gasteiger partial charge in [0, 0.05) is 19.6 Å². The Morgan fingerprint density at radius 3 is 2.46 bits per heavy atom. The van der Waals surface area contributed by atoms with Crippen molar-refractivity contribution in [3.05, 3.63) is 66.0 Å². The summed E-state index contributed by atoms with van der Waals surface area (Å²) < 4.78 is 18.8. The molecule has 2 rings (SSSR count). The second kappa shape index (κ2) is 9.67. The minimum Gasteiger partial charge on any atom is -0.490 e. The Morgan fingerprint density at radius 1 is 1.04 bits per heavy atom. The molecule has 0 aromatic heterocycles. The van der Waals surface area contributed by atoms with E-state index in [9.17, 15) is 9.18 Å². The molecular weight excluding hydrogens is 307 g/mol. The van der Waals surface area contributed by atoms with Crippen LogP contribution in [0.25, 0.3) is 0 Å². The minimum atomic E-state index is -0.423. The number of para-hydroxylation sites is 1. The average Bonchev–Trinajstić information content (AvgIpc) is 2.61. The summed E-state index contributed by atoms with van der Waals surface area (Å²) in [5.41, 5.74) is 6.78. The summed E-state index contributed by atoms with van der Waals surface area (Å²) in [6.45, 7) is 1.67. The molecule has 0 saturated carbocycles. The molecule has 0 heterocycles.